The molecule has 0 unspecified atom stereocenters. The molecular weight excluding hydrogens is 344 g/mol. The molecule has 0 saturated heterocycles. The van der Waals surface area contributed by atoms with E-state index in [0.717, 1.165) is 16.7 Å². The van der Waals surface area contributed by atoms with Gasteiger partial charge in [0, 0.05) is 20.6 Å². The lowest BCUT2D eigenvalue weighted by atomic mass is 10.1. The molecule has 0 amide bonds. The highest BCUT2D eigenvalue weighted by atomic mass is 16.2. The highest BCUT2D eigenvalue weighted by Crippen LogP contribution is 2.29. The minimum atomic E-state index is -0.385. The van der Waals surface area contributed by atoms with Crippen LogP contribution in [0.3, 0.4) is 0 Å². The van der Waals surface area contributed by atoms with Crippen molar-refractivity contribution in [2.24, 2.45) is 19.2 Å². The second-order valence-corrected chi connectivity index (χ2v) is 6.94. The standard InChI is InChI=1S/C19H22N6O2/c1-12-13(2)25-15-16(22(3)19(27)23(4)17(15)26)20-18(25)24(21-12)11-10-14-8-6-5-7-9-14/h5-9,13H,10-11H2,1-4H3/t13-/m0/s1. The molecule has 0 spiro atoms. The number of hydrogen-bond acceptors (Lipinski definition) is 5. The van der Waals surface area contributed by atoms with E-state index in [2.05, 4.69) is 22.2 Å². The topological polar surface area (TPSA) is 77.4 Å². The van der Waals surface area contributed by atoms with Crippen LogP contribution in [0.1, 0.15) is 25.5 Å². The molecule has 0 fully saturated rings. The number of fused-ring (bicyclic) bond motifs is 3. The lowest BCUT2D eigenvalue weighted by molar-refractivity contribution is 0.633. The number of rotatable bonds is 3. The van der Waals surface area contributed by atoms with Gasteiger partial charge in [-0.15, -0.1) is 0 Å². The van der Waals surface area contributed by atoms with Gasteiger partial charge in [0.15, 0.2) is 11.2 Å². The Morgan fingerprint density at radius 3 is 2.48 bits per heavy atom. The van der Waals surface area contributed by atoms with E-state index in [1.807, 2.05) is 41.6 Å². The summed E-state index contributed by atoms with van der Waals surface area (Å²) in [7, 11) is 3.13. The first-order chi connectivity index (χ1) is 12.9. The lowest BCUT2D eigenvalue weighted by Crippen LogP contribution is -2.38. The molecule has 2 aromatic heterocycles. The fraction of sp³-hybridized carbons (Fsp3) is 0.368. The van der Waals surface area contributed by atoms with E-state index in [9.17, 15) is 9.59 Å². The number of hydrogen-bond donors (Lipinski definition) is 0. The molecule has 27 heavy (non-hydrogen) atoms. The van der Waals surface area contributed by atoms with Crippen molar-refractivity contribution in [3.05, 3.63) is 56.7 Å². The van der Waals surface area contributed by atoms with Gasteiger partial charge in [-0.05, 0) is 25.8 Å². The summed E-state index contributed by atoms with van der Waals surface area (Å²) >= 11 is 0. The van der Waals surface area contributed by atoms with Crippen molar-refractivity contribution in [1.82, 2.24) is 18.7 Å². The molecule has 1 aliphatic heterocycles. The van der Waals surface area contributed by atoms with Crippen molar-refractivity contribution in [2.45, 2.75) is 26.3 Å². The lowest BCUT2D eigenvalue weighted by Gasteiger charge is -2.29. The van der Waals surface area contributed by atoms with E-state index >= 15 is 0 Å². The van der Waals surface area contributed by atoms with Crippen LogP contribution in [0.25, 0.3) is 11.2 Å². The van der Waals surface area contributed by atoms with Crippen LogP contribution in [0, 0.1) is 0 Å². The van der Waals surface area contributed by atoms with Crippen LogP contribution in [0.2, 0.25) is 0 Å². The second-order valence-electron chi connectivity index (χ2n) is 6.94. The zero-order valence-electron chi connectivity index (χ0n) is 15.9. The first kappa shape index (κ1) is 17.3. The summed E-state index contributed by atoms with van der Waals surface area (Å²) in [5.74, 6) is 0.595. The van der Waals surface area contributed by atoms with Gasteiger partial charge in [-0.2, -0.15) is 10.1 Å². The number of imidazole rings is 1. The van der Waals surface area contributed by atoms with E-state index in [1.54, 1.807) is 7.05 Å². The monoisotopic (exact) mass is 366 g/mol. The summed E-state index contributed by atoms with van der Waals surface area (Å²) < 4.78 is 4.43. The van der Waals surface area contributed by atoms with E-state index in [-0.39, 0.29) is 17.3 Å². The summed E-state index contributed by atoms with van der Waals surface area (Å²) in [4.78, 5) is 29.7. The fourth-order valence-electron chi connectivity index (χ4n) is 3.49. The Kier molecular flexibility index (Phi) is 3.98. The Hall–Kier alpha value is -3.16. The minimum absolute atomic E-state index is 0.108. The normalized spacial score (nSPS) is 16.5. The second kappa shape index (κ2) is 6.22. The molecule has 0 N–H and O–H groups in total. The summed E-state index contributed by atoms with van der Waals surface area (Å²) in [5.41, 5.74) is 2.20. The van der Waals surface area contributed by atoms with Gasteiger partial charge < -0.3 is 0 Å². The van der Waals surface area contributed by atoms with Crippen LogP contribution >= 0.6 is 0 Å². The third-order valence-electron chi connectivity index (χ3n) is 5.23. The van der Waals surface area contributed by atoms with Crippen LogP contribution in [0.15, 0.2) is 45.0 Å². The van der Waals surface area contributed by atoms with Crippen LogP contribution < -0.4 is 16.3 Å². The predicted octanol–water partition coefficient (Wildman–Crippen LogP) is 1.43. The Balaban J connectivity index is 1.86. The van der Waals surface area contributed by atoms with Gasteiger partial charge in [0.2, 0.25) is 5.95 Å². The van der Waals surface area contributed by atoms with Crippen molar-refractivity contribution in [1.29, 1.82) is 0 Å². The molecule has 4 rings (SSSR count). The highest BCUT2D eigenvalue weighted by molar-refractivity contribution is 5.91. The highest BCUT2D eigenvalue weighted by Gasteiger charge is 2.30. The number of hydrazone groups is 1. The zero-order chi connectivity index (χ0) is 19.3. The molecule has 1 aliphatic rings. The van der Waals surface area contributed by atoms with Gasteiger partial charge in [-0.25, -0.2) is 9.80 Å². The molecule has 8 nitrogen and oxygen atoms in total. The Bertz CT molecular complexity index is 1170. The molecule has 1 atom stereocenters. The maximum absolute atomic E-state index is 12.8. The van der Waals surface area contributed by atoms with Gasteiger partial charge in [0.25, 0.3) is 5.56 Å². The average Bonchev–Trinajstić information content (AvgIpc) is 3.08. The number of benzene rings is 1. The fourth-order valence-corrected chi connectivity index (χ4v) is 3.49. The Morgan fingerprint density at radius 1 is 1.07 bits per heavy atom. The van der Waals surface area contributed by atoms with E-state index in [1.165, 1.54) is 17.2 Å². The predicted molar refractivity (Wildman–Crippen MR) is 106 cm³/mol. The van der Waals surface area contributed by atoms with Crippen LogP contribution in [0.4, 0.5) is 5.95 Å². The van der Waals surface area contributed by atoms with E-state index in [4.69, 9.17) is 0 Å². The summed E-state index contributed by atoms with van der Waals surface area (Å²) in [6.45, 7) is 4.57. The number of aryl methyl sites for hydroxylation is 1. The first-order valence-electron chi connectivity index (χ1n) is 8.94. The Morgan fingerprint density at radius 2 is 1.78 bits per heavy atom. The molecule has 3 aromatic rings. The Labute approximate surface area is 156 Å². The molecule has 1 aromatic carbocycles. The van der Waals surface area contributed by atoms with E-state index in [0.29, 0.717) is 23.7 Å². The maximum Gasteiger partial charge on any atom is 0.332 e. The zero-order valence-corrected chi connectivity index (χ0v) is 15.9. The average molecular weight is 366 g/mol. The molecule has 0 aliphatic carbocycles. The number of anilines is 1. The summed E-state index contributed by atoms with van der Waals surface area (Å²) in [6, 6.07) is 10.1. The van der Waals surface area contributed by atoms with Crippen LogP contribution in [0.5, 0.6) is 0 Å². The maximum atomic E-state index is 12.8. The van der Waals surface area contributed by atoms with E-state index < -0.39 is 0 Å². The quantitative estimate of drug-likeness (QED) is 0.703. The van der Waals surface area contributed by atoms with Crippen LogP contribution in [-0.4, -0.2) is 30.9 Å². The van der Waals surface area contributed by atoms with Crippen molar-refractivity contribution in [3.8, 4) is 0 Å². The van der Waals surface area contributed by atoms with Gasteiger partial charge in [0.05, 0.1) is 11.8 Å². The first-order valence-corrected chi connectivity index (χ1v) is 8.94. The summed E-state index contributed by atoms with van der Waals surface area (Å²) in [5, 5.41) is 6.52. The van der Waals surface area contributed by atoms with Crippen molar-refractivity contribution >= 4 is 22.8 Å². The van der Waals surface area contributed by atoms with Gasteiger partial charge in [-0.3, -0.25) is 18.5 Å². The van der Waals surface area contributed by atoms with Crippen LogP contribution in [-0.2, 0) is 20.5 Å². The van der Waals surface area contributed by atoms with Crippen molar-refractivity contribution < 1.29 is 0 Å². The molecular formula is C19H22N6O2. The molecule has 0 radical (unpaired) electrons. The third-order valence-corrected chi connectivity index (χ3v) is 5.23. The molecule has 3 heterocycles. The molecule has 8 heteroatoms. The van der Waals surface area contributed by atoms with Gasteiger partial charge in [0.1, 0.15) is 0 Å². The van der Waals surface area contributed by atoms with Gasteiger partial charge >= 0.3 is 5.69 Å². The molecule has 140 valence electrons. The van der Waals surface area contributed by atoms with Crippen molar-refractivity contribution in [2.75, 3.05) is 11.6 Å². The SMILES string of the molecule is CC1=NN(CCc2ccccc2)c2nc3c(c(=O)n(C)c(=O)n3C)n2[C@H]1C. The molecule has 0 bridgehead atoms. The molecule has 0 saturated carbocycles. The summed E-state index contributed by atoms with van der Waals surface area (Å²) in [6.07, 6.45) is 0.798. The number of nitrogens with zero attached hydrogens (tertiary/aromatic N) is 6. The van der Waals surface area contributed by atoms with Crippen molar-refractivity contribution in [3.63, 3.8) is 0 Å². The minimum Gasteiger partial charge on any atom is -0.294 e. The number of aromatic nitrogens is 4. The third kappa shape index (κ3) is 2.59. The largest absolute Gasteiger partial charge is 0.332 e. The smallest absolute Gasteiger partial charge is 0.294 e. The van der Waals surface area contributed by atoms with Gasteiger partial charge in [-0.1, -0.05) is 30.3 Å².